The fourth-order valence-corrected chi connectivity index (χ4v) is 1.77. The van der Waals surface area contributed by atoms with Gasteiger partial charge < -0.3 is 5.32 Å². The maximum Gasteiger partial charge on any atom is 0.256 e. The summed E-state index contributed by atoms with van der Waals surface area (Å²) in [7, 11) is 0. The van der Waals surface area contributed by atoms with Crippen molar-refractivity contribution in [2.45, 2.75) is 0 Å². The first-order valence-corrected chi connectivity index (χ1v) is 6.12. The molecular formula is C12H7BrClFN2O. The van der Waals surface area contributed by atoms with Gasteiger partial charge in [-0.25, -0.2) is 9.37 Å². The number of halogens is 3. The summed E-state index contributed by atoms with van der Waals surface area (Å²) in [5, 5.41) is 2.54. The summed E-state index contributed by atoms with van der Waals surface area (Å²) >= 11 is 8.80. The molecule has 1 N–H and O–H groups in total. The number of pyridine rings is 1. The van der Waals surface area contributed by atoms with Crippen molar-refractivity contribution in [3.05, 3.63) is 57.4 Å². The van der Waals surface area contributed by atoms with Crippen LogP contribution >= 0.6 is 27.5 Å². The molecule has 0 bridgehead atoms. The van der Waals surface area contributed by atoms with E-state index in [0.717, 1.165) is 6.07 Å². The van der Waals surface area contributed by atoms with Gasteiger partial charge in [0, 0.05) is 11.8 Å². The molecule has 1 aromatic carbocycles. The lowest BCUT2D eigenvalue weighted by atomic mass is 10.2. The Morgan fingerprint density at radius 3 is 2.83 bits per heavy atom. The van der Waals surface area contributed by atoms with E-state index in [2.05, 4.69) is 26.2 Å². The van der Waals surface area contributed by atoms with E-state index in [0.29, 0.717) is 10.3 Å². The molecule has 0 saturated heterocycles. The van der Waals surface area contributed by atoms with Crippen LogP contribution in [0.5, 0.6) is 0 Å². The third-order valence-electron chi connectivity index (χ3n) is 2.17. The van der Waals surface area contributed by atoms with E-state index in [1.165, 1.54) is 12.1 Å². The Hall–Kier alpha value is -1.46. The van der Waals surface area contributed by atoms with Crippen molar-refractivity contribution in [1.82, 2.24) is 4.98 Å². The number of carbonyl (C=O) groups is 1. The fourth-order valence-electron chi connectivity index (χ4n) is 1.29. The highest BCUT2D eigenvalue weighted by molar-refractivity contribution is 9.10. The summed E-state index contributed by atoms with van der Waals surface area (Å²) in [5.74, 6) is -0.716. The Kier molecular flexibility index (Phi) is 3.93. The van der Waals surface area contributed by atoms with Crippen molar-refractivity contribution in [2.75, 3.05) is 5.32 Å². The lowest BCUT2D eigenvalue weighted by molar-refractivity contribution is 0.102. The van der Waals surface area contributed by atoms with Crippen LogP contribution in [0.4, 0.5) is 10.2 Å². The van der Waals surface area contributed by atoms with Crippen LogP contribution in [0, 0.1) is 5.82 Å². The summed E-state index contributed by atoms with van der Waals surface area (Å²) in [6.07, 6.45) is 1.54. The lowest BCUT2D eigenvalue weighted by Crippen LogP contribution is -2.13. The maximum atomic E-state index is 13.2. The van der Waals surface area contributed by atoms with Crippen molar-refractivity contribution in [3.63, 3.8) is 0 Å². The summed E-state index contributed by atoms with van der Waals surface area (Å²) in [6.45, 7) is 0. The van der Waals surface area contributed by atoms with Gasteiger partial charge >= 0.3 is 0 Å². The van der Waals surface area contributed by atoms with Gasteiger partial charge in [0.15, 0.2) is 0 Å². The van der Waals surface area contributed by atoms with E-state index >= 15 is 0 Å². The van der Waals surface area contributed by atoms with Crippen molar-refractivity contribution in [1.29, 1.82) is 0 Å². The van der Waals surface area contributed by atoms with E-state index in [4.69, 9.17) is 11.6 Å². The summed E-state index contributed by atoms with van der Waals surface area (Å²) in [5.41, 5.74) is 0.175. The molecule has 0 unspecified atom stereocenters. The summed E-state index contributed by atoms with van der Waals surface area (Å²) < 4.78 is 13.9. The molecule has 3 nitrogen and oxygen atoms in total. The predicted octanol–water partition coefficient (Wildman–Crippen LogP) is 3.89. The van der Waals surface area contributed by atoms with Gasteiger partial charge in [-0.05, 0) is 46.3 Å². The molecule has 0 aliphatic heterocycles. The Morgan fingerprint density at radius 2 is 2.17 bits per heavy atom. The highest BCUT2D eigenvalue weighted by atomic mass is 79.9. The smallest absolute Gasteiger partial charge is 0.256 e. The number of carbonyl (C=O) groups excluding carboxylic acids is 1. The number of hydrogen-bond donors (Lipinski definition) is 1. The van der Waals surface area contributed by atoms with E-state index in [-0.39, 0.29) is 10.6 Å². The van der Waals surface area contributed by atoms with Crippen molar-refractivity contribution in [2.24, 2.45) is 0 Å². The van der Waals surface area contributed by atoms with E-state index in [1.807, 2.05) is 0 Å². The van der Waals surface area contributed by atoms with Gasteiger partial charge in [-0.3, -0.25) is 4.79 Å². The zero-order valence-corrected chi connectivity index (χ0v) is 11.3. The second-order valence-corrected chi connectivity index (χ2v) is 4.68. The van der Waals surface area contributed by atoms with Crippen molar-refractivity contribution in [3.8, 4) is 0 Å². The first-order valence-electron chi connectivity index (χ1n) is 4.95. The predicted molar refractivity (Wildman–Crippen MR) is 71.3 cm³/mol. The van der Waals surface area contributed by atoms with Gasteiger partial charge in [0.1, 0.15) is 11.6 Å². The number of nitrogens with zero attached hydrogens (tertiary/aromatic N) is 1. The molecule has 2 aromatic rings. The van der Waals surface area contributed by atoms with Crippen LogP contribution in [0.25, 0.3) is 0 Å². The Bertz CT molecular complexity index is 606. The number of aromatic nitrogens is 1. The molecule has 2 rings (SSSR count). The van der Waals surface area contributed by atoms with Crippen molar-refractivity contribution < 1.29 is 9.18 Å². The van der Waals surface area contributed by atoms with Crippen LogP contribution in [0.1, 0.15) is 10.4 Å². The minimum Gasteiger partial charge on any atom is -0.306 e. The van der Waals surface area contributed by atoms with Crippen LogP contribution < -0.4 is 5.32 Å². The van der Waals surface area contributed by atoms with E-state index in [1.54, 1.807) is 18.3 Å². The van der Waals surface area contributed by atoms with Gasteiger partial charge in [-0.2, -0.15) is 0 Å². The van der Waals surface area contributed by atoms with Crippen molar-refractivity contribution >= 4 is 39.3 Å². The Morgan fingerprint density at radius 1 is 1.39 bits per heavy atom. The van der Waals surface area contributed by atoms with Crippen LogP contribution in [0.3, 0.4) is 0 Å². The molecule has 1 amide bonds. The average Bonchev–Trinajstić information content (AvgIpc) is 2.35. The molecule has 0 saturated carbocycles. The lowest BCUT2D eigenvalue weighted by Gasteiger charge is -2.06. The number of benzene rings is 1. The molecule has 1 aromatic heterocycles. The number of hydrogen-bond acceptors (Lipinski definition) is 2. The molecule has 0 spiro atoms. The molecule has 6 heteroatoms. The normalized spacial score (nSPS) is 10.2. The first kappa shape index (κ1) is 13.0. The SMILES string of the molecule is O=C(Nc1ncccc1Br)c1ccc(Cl)c(F)c1. The summed E-state index contributed by atoms with van der Waals surface area (Å²) in [6, 6.07) is 7.32. The zero-order chi connectivity index (χ0) is 13.1. The molecule has 0 fully saturated rings. The number of nitrogens with one attached hydrogen (secondary N) is 1. The minimum atomic E-state index is -0.635. The molecule has 92 valence electrons. The second kappa shape index (κ2) is 5.46. The molecular weight excluding hydrogens is 322 g/mol. The van der Waals surface area contributed by atoms with Gasteiger partial charge in [-0.1, -0.05) is 11.6 Å². The molecule has 0 atom stereocenters. The zero-order valence-electron chi connectivity index (χ0n) is 8.95. The highest BCUT2D eigenvalue weighted by Gasteiger charge is 2.11. The van der Waals surface area contributed by atoms with Gasteiger partial charge in [0.05, 0.1) is 9.50 Å². The third kappa shape index (κ3) is 2.86. The van der Waals surface area contributed by atoms with Gasteiger partial charge in [-0.15, -0.1) is 0 Å². The van der Waals surface area contributed by atoms with E-state index < -0.39 is 11.7 Å². The van der Waals surface area contributed by atoms with Crippen LogP contribution in [-0.4, -0.2) is 10.9 Å². The maximum absolute atomic E-state index is 13.2. The van der Waals surface area contributed by atoms with Gasteiger partial charge in [0.2, 0.25) is 0 Å². The largest absolute Gasteiger partial charge is 0.306 e. The molecule has 18 heavy (non-hydrogen) atoms. The second-order valence-electron chi connectivity index (χ2n) is 3.42. The highest BCUT2D eigenvalue weighted by Crippen LogP contribution is 2.20. The van der Waals surface area contributed by atoms with Gasteiger partial charge in [0.25, 0.3) is 5.91 Å². The minimum absolute atomic E-state index is 0.0226. The Balaban J connectivity index is 2.22. The molecule has 1 heterocycles. The third-order valence-corrected chi connectivity index (χ3v) is 3.12. The monoisotopic (exact) mass is 328 g/mol. The summed E-state index contributed by atoms with van der Waals surface area (Å²) in [4.78, 5) is 15.8. The molecule has 0 radical (unpaired) electrons. The quantitative estimate of drug-likeness (QED) is 0.908. The van der Waals surface area contributed by atoms with Crippen LogP contribution in [0.2, 0.25) is 5.02 Å². The standard InChI is InChI=1S/C12H7BrClFN2O/c13-8-2-1-5-16-11(8)17-12(18)7-3-4-9(14)10(15)6-7/h1-6H,(H,16,17,18). The van der Waals surface area contributed by atoms with Crippen LogP contribution in [-0.2, 0) is 0 Å². The molecule has 0 aliphatic rings. The van der Waals surface area contributed by atoms with E-state index in [9.17, 15) is 9.18 Å². The first-order chi connectivity index (χ1) is 8.58. The fraction of sp³-hybridized carbons (Fsp3) is 0. The number of amides is 1. The molecule has 0 aliphatic carbocycles. The number of rotatable bonds is 2. The number of anilines is 1. The topological polar surface area (TPSA) is 42.0 Å². The average molecular weight is 330 g/mol. The van der Waals surface area contributed by atoms with Crippen LogP contribution in [0.15, 0.2) is 41.0 Å². The Labute approximate surface area is 116 Å².